The average Bonchev–Trinajstić information content (AvgIpc) is 2.35. The van der Waals surface area contributed by atoms with Crippen LogP contribution in [-0.4, -0.2) is 10.8 Å². The van der Waals surface area contributed by atoms with Gasteiger partial charge >= 0.3 is 0 Å². The number of rotatable bonds is 2. The molecule has 0 saturated heterocycles. The van der Waals surface area contributed by atoms with Crippen molar-refractivity contribution >= 4 is 37.6 Å². The molecule has 0 bridgehead atoms. The van der Waals surface area contributed by atoms with Crippen LogP contribution in [0.1, 0.15) is 21.6 Å². The molecule has 0 fully saturated rings. The van der Waals surface area contributed by atoms with Crippen molar-refractivity contribution in [3.8, 4) is 0 Å². The summed E-state index contributed by atoms with van der Waals surface area (Å²) >= 11 is 6.37. The summed E-state index contributed by atoms with van der Waals surface area (Å²) < 4.78 is 28.3. The van der Waals surface area contributed by atoms with Crippen LogP contribution in [0.3, 0.4) is 0 Å². The van der Waals surface area contributed by atoms with Crippen molar-refractivity contribution in [3.05, 3.63) is 61.8 Å². The van der Waals surface area contributed by atoms with Gasteiger partial charge in [0.05, 0.1) is 5.56 Å². The van der Waals surface area contributed by atoms with E-state index in [9.17, 15) is 13.6 Å². The third kappa shape index (κ3) is 2.74. The predicted molar refractivity (Wildman–Crippen MR) is 74.2 cm³/mol. The number of halogens is 4. The zero-order chi connectivity index (χ0) is 14.2. The number of pyridine rings is 1. The molecule has 0 saturated carbocycles. The van der Waals surface area contributed by atoms with E-state index in [0.29, 0.717) is 8.95 Å². The Balaban J connectivity index is 2.53. The Kier molecular flexibility index (Phi) is 4.10. The smallest absolute Gasteiger partial charge is 0.215 e. The van der Waals surface area contributed by atoms with Gasteiger partial charge in [0.1, 0.15) is 5.69 Å². The SMILES string of the molecule is Cc1ccc(C(=O)c2ncc(Br)cc2Br)c(F)c1F. The molecule has 0 spiro atoms. The molecule has 1 heterocycles. The van der Waals surface area contributed by atoms with Crippen molar-refractivity contribution in [1.29, 1.82) is 0 Å². The monoisotopic (exact) mass is 389 g/mol. The summed E-state index contributed by atoms with van der Waals surface area (Å²) in [6.07, 6.45) is 1.42. The minimum Gasteiger partial charge on any atom is -0.287 e. The van der Waals surface area contributed by atoms with Crippen LogP contribution in [0.4, 0.5) is 8.78 Å². The molecule has 2 aromatic rings. The fourth-order valence-corrected chi connectivity index (χ4v) is 2.70. The van der Waals surface area contributed by atoms with Gasteiger partial charge in [0, 0.05) is 15.1 Å². The van der Waals surface area contributed by atoms with E-state index in [0.717, 1.165) is 0 Å². The molecule has 0 N–H and O–H groups in total. The molecule has 2 rings (SSSR count). The first-order valence-electron chi connectivity index (χ1n) is 5.22. The number of ketones is 1. The third-order valence-electron chi connectivity index (χ3n) is 2.54. The Bertz CT molecular complexity index is 674. The number of aromatic nitrogens is 1. The molecular weight excluding hydrogens is 384 g/mol. The predicted octanol–water partition coefficient (Wildman–Crippen LogP) is 4.42. The average molecular weight is 391 g/mol. The molecule has 0 radical (unpaired) electrons. The minimum absolute atomic E-state index is 0.0327. The third-order valence-corrected chi connectivity index (χ3v) is 3.58. The first kappa shape index (κ1) is 14.3. The number of benzene rings is 1. The van der Waals surface area contributed by atoms with Gasteiger partial charge in [0.25, 0.3) is 0 Å². The number of carbonyl (C=O) groups excluding carboxylic acids is 1. The van der Waals surface area contributed by atoms with Gasteiger partial charge < -0.3 is 0 Å². The van der Waals surface area contributed by atoms with E-state index >= 15 is 0 Å². The molecule has 98 valence electrons. The number of aryl methyl sites for hydroxylation is 1. The Morgan fingerprint density at radius 2 is 1.89 bits per heavy atom. The fourth-order valence-electron chi connectivity index (χ4n) is 1.53. The molecule has 0 aliphatic carbocycles. The molecule has 0 aliphatic rings. The highest BCUT2D eigenvalue weighted by molar-refractivity contribution is 9.11. The van der Waals surface area contributed by atoms with Crippen LogP contribution in [-0.2, 0) is 0 Å². The standard InChI is InChI=1S/C13H7Br2F2NO/c1-6-2-3-8(11(17)10(6)16)13(19)12-9(15)4-7(14)5-18-12/h2-5H,1H3. The summed E-state index contributed by atoms with van der Waals surface area (Å²) in [6.45, 7) is 1.43. The maximum absolute atomic E-state index is 13.8. The molecule has 19 heavy (non-hydrogen) atoms. The second-order valence-electron chi connectivity index (χ2n) is 3.87. The number of nitrogens with zero attached hydrogens (tertiary/aromatic N) is 1. The summed E-state index contributed by atoms with van der Waals surface area (Å²) in [5.74, 6) is -2.84. The topological polar surface area (TPSA) is 30.0 Å². The fraction of sp³-hybridized carbons (Fsp3) is 0.0769. The molecular formula is C13H7Br2F2NO. The summed E-state index contributed by atoms with van der Waals surface area (Å²) in [7, 11) is 0. The summed E-state index contributed by atoms with van der Waals surface area (Å²) in [6, 6.07) is 4.23. The van der Waals surface area contributed by atoms with Gasteiger partial charge in [-0.05, 0) is 56.5 Å². The van der Waals surface area contributed by atoms with Crippen LogP contribution in [0.5, 0.6) is 0 Å². The van der Waals surface area contributed by atoms with E-state index in [-0.39, 0.29) is 16.8 Å². The Morgan fingerprint density at radius 1 is 1.21 bits per heavy atom. The van der Waals surface area contributed by atoms with Crippen LogP contribution in [0.15, 0.2) is 33.3 Å². The first-order valence-corrected chi connectivity index (χ1v) is 6.80. The lowest BCUT2D eigenvalue weighted by Gasteiger charge is -2.06. The lowest BCUT2D eigenvalue weighted by atomic mass is 10.0. The summed E-state index contributed by atoms with van der Waals surface area (Å²) in [5.41, 5.74) is -0.152. The normalized spacial score (nSPS) is 10.6. The van der Waals surface area contributed by atoms with E-state index in [1.54, 1.807) is 6.07 Å². The van der Waals surface area contributed by atoms with Gasteiger partial charge in [-0.15, -0.1) is 0 Å². The van der Waals surface area contributed by atoms with E-state index in [1.807, 2.05) is 0 Å². The molecule has 2 nitrogen and oxygen atoms in total. The van der Waals surface area contributed by atoms with Gasteiger partial charge in [0.2, 0.25) is 5.78 Å². The van der Waals surface area contributed by atoms with Crippen LogP contribution in [0.2, 0.25) is 0 Å². The van der Waals surface area contributed by atoms with Gasteiger partial charge in [0.15, 0.2) is 11.6 Å². The second-order valence-corrected chi connectivity index (χ2v) is 5.64. The lowest BCUT2D eigenvalue weighted by molar-refractivity contribution is 0.102. The summed E-state index contributed by atoms with van der Waals surface area (Å²) in [5, 5.41) is 0. The maximum atomic E-state index is 13.8. The second kappa shape index (κ2) is 5.46. The Morgan fingerprint density at radius 3 is 2.53 bits per heavy atom. The van der Waals surface area contributed by atoms with E-state index in [4.69, 9.17) is 0 Å². The highest BCUT2D eigenvalue weighted by Gasteiger charge is 2.21. The van der Waals surface area contributed by atoms with Crippen LogP contribution in [0.25, 0.3) is 0 Å². The molecule has 6 heteroatoms. The molecule has 0 aliphatic heterocycles. The van der Waals surface area contributed by atoms with E-state index in [2.05, 4.69) is 36.8 Å². The number of carbonyl (C=O) groups is 1. The van der Waals surface area contributed by atoms with Gasteiger partial charge in [-0.25, -0.2) is 8.78 Å². The van der Waals surface area contributed by atoms with Crippen molar-refractivity contribution in [2.75, 3.05) is 0 Å². The number of hydrogen-bond donors (Lipinski definition) is 0. The molecule has 0 amide bonds. The Labute approximate surface area is 125 Å². The van der Waals surface area contributed by atoms with Crippen molar-refractivity contribution < 1.29 is 13.6 Å². The lowest BCUT2D eigenvalue weighted by Crippen LogP contribution is -2.09. The van der Waals surface area contributed by atoms with Crippen molar-refractivity contribution in [2.45, 2.75) is 6.92 Å². The van der Waals surface area contributed by atoms with E-state index < -0.39 is 17.4 Å². The largest absolute Gasteiger partial charge is 0.287 e. The van der Waals surface area contributed by atoms with Crippen molar-refractivity contribution in [2.24, 2.45) is 0 Å². The molecule has 0 atom stereocenters. The maximum Gasteiger partial charge on any atom is 0.215 e. The Hall–Kier alpha value is -1.14. The van der Waals surface area contributed by atoms with Crippen LogP contribution < -0.4 is 0 Å². The zero-order valence-electron chi connectivity index (χ0n) is 9.68. The zero-order valence-corrected chi connectivity index (χ0v) is 12.8. The number of hydrogen-bond acceptors (Lipinski definition) is 2. The highest BCUT2D eigenvalue weighted by atomic mass is 79.9. The van der Waals surface area contributed by atoms with Crippen LogP contribution >= 0.6 is 31.9 Å². The highest BCUT2D eigenvalue weighted by Crippen LogP contribution is 2.24. The van der Waals surface area contributed by atoms with Crippen molar-refractivity contribution in [3.63, 3.8) is 0 Å². The molecule has 1 aromatic heterocycles. The minimum atomic E-state index is -1.15. The quantitative estimate of drug-likeness (QED) is 0.710. The van der Waals surface area contributed by atoms with Gasteiger partial charge in [-0.2, -0.15) is 0 Å². The first-order chi connectivity index (χ1) is 8.91. The van der Waals surface area contributed by atoms with Gasteiger partial charge in [-0.1, -0.05) is 6.07 Å². The molecule has 1 aromatic carbocycles. The van der Waals surface area contributed by atoms with Gasteiger partial charge in [-0.3, -0.25) is 9.78 Å². The van der Waals surface area contributed by atoms with Crippen molar-refractivity contribution in [1.82, 2.24) is 4.98 Å². The summed E-state index contributed by atoms with van der Waals surface area (Å²) in [4.78, 5) is 16.1. The molecule has 0 unspecified atom stereocenters. The van der Waals surface area contributed by atoms with Crippen LogP contribution in [0, 0.1) is 18.6 Å². The van der Waals surface area contributed by atoms with E-state index in [1.165, 1.54) is 25.3 Å².